The zero-order valence-electron chi connectivity index (χ0n) is 8.71. The fourth-order valence-corrected chi connectivity index (χ4v) is 2.23. The largest absolute Gasteiger partial charge is 0.380 e. The van der Waals surface area contributed by atoms with Crippen LogP contribution < -0.4 is 5.32 Å². The van der Waals surface area contributed by atoms with Gasteiger partial charge in [-0.3, -0.25) is 4.79 Å². The van der Waals surface area contributed by atoms with Crippen LogP contribution in [0.25, 0.3) is 0 Å². The summed E-state index contributed by atoms with van der Waals surface area (Å²) < 4.78 is 5.25. The zero-order chi connectivity index (χ0) is 10.0. The maximum absolute atomic E-state index is 11.1. The molecule has 4 nitrogen and oxygen atoms in total. The quantitative estimate of drug-likeness (QED) is 0.685. The molecular formula is C10H18N2O2. The maximum atomic E-state index is 11.1. The molecule has 2 aliphatic heterocycles. The third kappa shape index (κ3) is 1.91. The number of carbonyl (C=O) groups is 1. The van der Waals surface area contributed by atoms with E-state index in [1.807, 2.05) is 0 Å². The van der Waals surface area contributed by atoms with Gasteiger partial charge in [0.1, 0.15) is 0 Å². The normalized spacial score (nSPS) is 24.9. The van der Waals surface area contributed by atoms with Gasteiger partial charge in [-0.25, -0.2) is 0 Å². The second-order valence-corrected chi connectivity index (χ2v) is 4.44. The molecule has 4 heteroatoms. The van der Waals surface area contributed by atoms with E-state index in [4.69, 9.17) is 4.74 Å². The number of nitrogens with zero attached hydrogens (tertiary/aromatic N) is 1. The highest BCUT2D eigenvalue weighted by Crippen LogP contribution is 2.37. The van der Waals surface area contributed by atoms with E-state index in [0.717, 1.165) is 32.8 Å². The van der Waals surface area contributed by atoms with E-state index in [1.54, 1.807) is 7.05 Å². The van der Waals surface area contributed by atoms with Gasteiger partial charge in [0.15, 0.2) is 0 Å². The lowest BCUT2D eigenvalue weighted by atomic mass is 9.85. The summed E-state index contributed by atoms with van der Waals surface area (Å²) in [5.41, 5.74) is 0.447. The Labute approximate surface area is 84.6 Å². The van der Waals surface area contributed by atoms with Crippen molar-refractivity contribution in [3.05, 3.63) is 0 Å². The molecule has 0 radical (unpaired) electrons. The average molecular weight is 198 g/mol. The van der Waals surface area contributed by atoms with Crippen molar-refractivity contribution in [1.29, 1.82) is 0 Å². The van der Waals surface area contributed by atoms with E-state index >= 15 is 0 Å². The fraction of sp³-hybridized carbons (Fsp3) is 0.900. The lowest BCUT2D eigenvalue weighted by molar-refractivity contribution is -0.121. The lowest BCUT2D eigenvalue weighted by Gasteiger charge is -2.37. The summed E-state index contributed by atoms with van der Waals surface area (Å²) in [6, 6.07) is 0. The predicted molar refractivity (Wildman–Crippen MR) is 53.0 cm³/mol. The zero-order valence-corrected chi connectivity index (χ0v) is 8.71. The molecule has 1 N–H and O–H groups in total. The number of hydrogen-bond acceptors (Lipinski definition) is 3. The average Bonchev–Trinajstić information content (AvgIpc) is 2.58. The van der Waals surface area contributed by atoms with Gasteiger partial charge in [-0.15, -0.1) is 0 Å². The molecule has 0 aromatic rings. The monoisotopic (exact) mass is 198 g/mol. The van der Waals surface area contributed by atoms with Crippen LogP contribution >= 0.6 is 0 Å². The molecule has 0 bridgehead atoms. The van der Waals surface area contributed by atoms with Gasteiger partial charge in [0.25, 0.3) is 0 Å². The first-order chi connectivity index (χ1) is 6.74. The number of carbonyl (C=O) groups excluding carboxylic acids is 1. The van der Waals surface area contributed by atoms with Gasteiger partial charge in [-0.05, 0) is 13.0 Å². The minimum atomic E-state index is 0.135. The summed E-state index contributed by atoms with van der Waals surface area (Å²) in [5.74, 6) is 0.135. The van der Waals surface area contributed by atoms with Crippen LogP contribution in [0, 0.1) is 5.41 Å². The van der Waals surface area contributed by atoms with Crippen LogP contribution in [0.5, 0.6) is 0 Å². The molecule has 0 unspecified atom stereocenters. The molecule has 1 spiro atoms. The molecule has 2 aliphatic rings. The highest BCUT2D eigenvalue weighted by Gasteiger charge is 2.43. The van der Waals surface area contributed by atoms with Crippen LogP contribution in [-0.2, 0) is 9.53 Å². The summed E-state index contributed by atoms with van der Waals surface area (Å²) in [6.07, 6.45) is 1.86. The van der Waals surface area contributed by atoms with Crippen molar-refractivity contribution in [1.82, 2.24) is 10.2 Å². The first kappa shape index (κ1) is 9.93. The van der Waals surface area contributed by atoms with E-state index in [9.17, 15) is 4.79 Å². The van der Waals surface area contributed by atoms with E-state index < -0.39 is 0 Å². The summed E-state index contributed by atoms with van der Waals surface area (Å²) in [6.45, 7) is 4.97. The van der Waals surface area contributed by atoms with Crippen molar-refractivity contribution in [2.24, 2.45) is 5.41 Å². The van der Waals surface area contributed by atoms with Crippen molar-refractivity contribution in [2.75, 3.05) is 39.9 Å². The Bertz CT molecular complexity index is 226. The Morgan fingerprint density at radius 2 is 2.36 bits per heavy atom. The molecule has 80 valence electrons. The summed E-state index contributed by atoms with van der Waals surface area (Å²) >= 11 is 0. The molecule has 1 amide bonds. The molecule has 2 saturated heterocycles. The van der Waals surface area contributed by atoms with Gasteiger partial charge in [-0.1, -0.05) is 0 Å². The van der Waals surface area contributed by atoms with Crippen LogP contribution in [0.3, 0.4) is 0 Å². The van der Waals surface area contributed by atoms with Gasteiger partial charge in [0.05, 0.1) is 13.2 Å². The first-order valence-corrected chi connectivity index (χ1v) is 5.25. The molecule has 2 fully saturated rings. The number of hydrogen-bond donors (Lipinski definition) is 1. The van der Waals surface area contributed by atoms with Crippen molar-refractivity contribution in [3.63, 3.8) is 0 Å². The lowest BCUT2D eigenvalue weighted by Crippen LogP contribution is -2.44. The number of rotatable bonds is 3. The van der Waals surface area contributed by atoms with Gasteiger partial charge in [0.2, 0.25) is 5.91 Å². The SMILES string of the molecule is CNC(=O)CCN1CCC2(COC2)C1. The highest BCUT2D eigenvalue weighted by atomic mass is 16.5. The van der Waals surface area contributed by atoms with Crippen LogP contribution in [0.15, 0.2) is 0 Å². The Morgan fingerprint density at radius 3 is 2.86 bits per heavy atom. The Morgan fingerprint density at radius 1 is 1.57 bits per heavy atom. The third-order valence-corrected chi connectivity index (χ3v) is 3.27. The summed E-state index contributed by atoms with van der Waals surface area (Å²) in [5, 5.41) is 2.65. The van der Waals surface area contributed by atoms with Crippen LogP contribution in [0.2, 0.25) is 0 Å². The molecular weight excluding hydrogens is 180 g/mol. The molecule has 14 heavy (non-hydrogen) atoms. The van der Waals surface area contributed by atoms with E-state index in [1.165, 1.54) is 6.42 Å². The predicted octanol–water partition coefficient (Wildman–Crippen LogP) is -0.155. The highest BCUT2D eigenvalue weighted by molar-refractivity contribution is 5.75. The van der Waals surface area contributed by atoms with Crippen molar-refractivity contribution >= 4 is 5.91 Å². The topological polar surface area (TPSA) is 41.6 Å². The van der Waals surface area contributed by atoms with Gasteiger partial charge in [-0.2, -0.15) is 0 Å². The van der Waals surface area contributed by atoms with Crippen LogP contribution in [-0.4, -0.2) is 50.7 Å². The summed E-state index contributed by atoms with van der Waals surface area (Å²) in [7, 11) is 1.69. The maximum Gasteiger partial charge on any atom is 0.221 e. The van der Waals surface area contributed by atoms with Crippen molar-refractivity contribution < 1.29 is 9.53 Å². The van der Waals surface area contributed by atoms with Crippen molar-refractivity contribution in [2.45, 2.75) is 12.8 Å². The van der Waals surface area contributed by atoms with Gasteiger partial charge in [0, 0.05) is 32.0 Å². The minimum absolute atomic E-state index is 0.135. The van der Waals surface area contributed by atoms with Crippen LogP contribution in [0.1, 0.15) is 12.8 Å². The Hall–Kier alpha value is -0.610. The fourth-order valence-electron chi connectivity index (χ4n) is 2.23. The smallest absolute Gasteiger partial charge is 0.221 e. The number of amides is 1. The number of ether oxygens (including phenoxy) is 1. The van der Waals surface area contributed by atoms with Crippen LogP contribution in [0.4, 0.5) is 0 Å². The number of likely N-dealkylation sites (tertiary alicyclic amines) is 1. The Kier molecular flexibility index (Phi) is 2.74. The second-order valence-electron chi connectivity index (χ2n) is 4.44. The van der Waals surface area contributed by atoms with Crippen molar-refractivity contribution in [3.8, 4) is 0 Å². The Balaban J connectivity index is 1.71. The number of nitrogens with one attached hydrogen (secondary N) is 1. The third-order valence-electron chi connectivity index (χ3n) is 3.27. The second kappa shape index (κ2) is 3.87. The minimum Gasteiger partial charge on any atom is -0.380 e. The molecule has 2 heterocycles. The molecule has 0 aliphatic carbocycles. The standard InChI is InChI=1S/C10H18N2O2/c1-11-9(13)2-4-12-5-3-10(6-12)7-14-8-10/h2-8H2,1H3,(H,11,13). The molecule has 0 aromatic heterocycles. The molecule has 0 aromatic carbocycles. The molecule has 0 atom stereocenters. The van der Waals surface area contributed by atoms with Gasteiger partial charge >= 0.3 is 0 Å². The van der Waals surface area contributed by atoms with E-state index in [-0.39, 0.29) is 5.91 Å². The van der Waals surface area contributed by atoms with E-state index in [0.29, 0.717) is 11.8 Å². The molecule has 2 rings (SSSR count). The first-order valence-electron chi connectivity index (χ1n) is 5.25. The van der Waals surface area contributed by atoms with E-state index in [2.05, 4.69) is 10.2 Å². The van der Waals surface area contributed by atoms with Gasteiger partial charge < -0.3 is 15.0 Å². The summed E-state index contributed by atoms with van der Waals surface area (Å²) in [4.78, 5) is 13.4. The molecule has 0 saturated carbocycles.